The number of nitrogens with one attached hydrogen (secondary N) is 3. The van der Waals surface area contributed by atoms with Crippen LogP contribution in [0.5, 0.6) is 0 Å². The number of aromatic nitrogens is 2. The molecule has 2 amide bonds. The van der Waals surface area contributed by atoms with Crippen LogP contribution >= 0.6 is 0 Å². The number of carbonyl (C=O) groups excluding carboxylic acids is 1. The highest BCUT2D eigenvalue weighted by atomic mass is 32.2. The van der Waals surface area contributed by atoms with Crippen LogP contribution in [0.15, 0.2) is 54.9 Å². The molecular weight excluding hydrogens is 342 g/mol. The Balaban J connectivity index is 1.67. The van der Waals surface area contributed by atoms with E-state index in [-0.39, 0.29) is 6.54 Å². The van der Waals surface area contributed by atoms with Crippen LogP contribution in [0.4, 0.5) is 10.5 Å². The fraction of sp³-hybridized carbons (Fsp3) is 0.125. The fourth-order valence-electron chi connectivity index (χ4n) is 2.35. The predicted molar refractivity (Wildman–Crippen MR) is 96.2 cm³/mol. The molecule has 0 aliphatic rings. The summed E-state index contributed by atoms with van der Waals surface area (Å²) < 4.78 is 26.8. The lowest BCUT2D eigenvalue weighted by molar-refractivity contribution is 0.249. The molecular formula is C16H17N5O3S. The maximum atomic E-state index is 12.1. The van der Waals surface area contributed by atoms with Gasteiger partial charge in [0, 0.05) is 6.54 Å². The smallest absolute Gasteiger partial charge is 0.333 e. The first-order chi connectivity index (χ1) is 11.9. The molecule has 0 saturated heterocycles. The molecule has 3 rings (SSSR count). The van der Waals surface area contributed by atoms with Gasteiger partial charge in [-0.05, 0) is 23.8 Å². The van der Waals surface area contributed by atoms with E-state index in [9.17, 15) is 13.2 Å². The van der Waals surface area contributed by atoms with Gasteiger partial charge >= 0.3 is 6.03 Å². The Hall–Kier alpha value is -3.07. The second kappa shape index (κ2) is 6.81. The lowest BCUT2D eigenvalue weighted by Crippen LogP contribution is -2.33. The van der Waals surface area contributed by atoms with Crippen LogP contribution in [-0.2, 0) is 16.6 Å². The van der Waals surface area contributed by atoms with E-state index < -0.39 is 16.1 Å². The summed E-state index contributed by atoms with van der Waals surface area (Å²) in [7, 11) is -3.39. The summed E-state index contributed by atoms with van der Waals surface area (Å²) in [5.74, 6) is 0. The van der Waals surface area contributed by atoms with Crippen molar-refractivity contribution in [3.05, 3.63) is 60.4 Å². The van der Waals surface area contributed by atoms with Gasteiger partial charge in [0.25, 0.3) is 0 Å². The topological polar surface area (TPSA) is 105 Å². The number of rotatable bonds is 5. The van der Waals surface area contributed by atoms with Crippen LogP contribution < -0.4 is 15.5 Å². The molecule has 1 heterocycles. The number of amides is 2. The van der Waals surface area contributed by atoms with E-state index in [2.05, 4.69) is 20.4 Å². The zero-order valence-corrected chi connectivity index (χ0v) is 14.2. The lowest BCUT2D eigenvalue weighted by atomic mass is 10.2. The van der Waals surface area contributed by atoms with Gasteiger partial charge in [-0.2, -0.15) is 0 Å². The van der Waals surface area contributed by atoms with Gasteiger partial charge in [0.1, 0.15) is 6.33 Å². The number of carbonyl (C=O) groups is 1. The highest BCUT2D eigenvalue weighted by Gasteiger charge is 2.09. The number of para-hydroxylation sites is 3. The van der Waals surface area contributed by atoms with E-state index >= 15 is 0 Å². The maximum absolute atomic E-state index is 12.1. The minimum Gasteiger partial charge on any atom is -0.333 e. The molecule has 130 valence electrons. The molecule has 3 N–H and O–H groups in total. The van der Waals surface area contributed by atoms with Crippen LogP contribution in [-0.4, -0.2) is 30.4 Å². The average molecular weight is 359 g/mol. The molecule has 0 aliphatic heterocycles. The molecule has 0 fully saturated rings. The second-order valence-corrected chi connectivity index (χ2v) is 7.18. The van der Waals surface area contributed by atoms with Crippen molar-refractivity contribution in [1.82, 2.24) is 15.0 Å². The second-order valence-electron chi connectivity index (χ2n) is 5.43. The van der Waals surface area contributed by atoms with E-state index in [1.165, 1.54) is 11.0 Å². The van der Waals surface area contributed by atoms with Crippen molar-refractivity contribution in [2.24, 2.45) is 0 Å². The van der Waals surface area contributed by atoms with Crippen LogP contribution in [0, 0.1) is 0 Å². The zero-order valence-electron chi connectivity index (χ0n) is 13.4. The van der Waals surface area contributed by atoms with Gasteiger partial charge in [0.15, 0.2) is 0 Å². The highest BCUT2D eigenvalue weighted by molar-refractivity contribution is 7.92. The average Bonchev–Trinajstić information content (AvgIpc) is 2.96. The number of sulfonamides is 1. The molecule has 0 atom stereocenters. The number of anilines is 1. The zero-order chi connectivity index (χ0) is 17.9. The minimum atomic E-state index is -3.39. The first-order valence-corrected chi connectivity index (χ1v) is 9.34. The number of hydrogen-bond acceptors (Lipinski definition) is 4. The van der Waals surface area contributed by atoms with Crippen molar-refractivity contribution < 1.29 is 13.2 Å². The number of benzene rings is 2. The Morgan fingerprint density at radius 2 is 1.84 bits per heavy atom. The van der Waals surface area contributed by atoms with Gasteiger partial charge in [-0.1, -0.05) is 30.3 Å². The molecule has 9 heteroatoms. The number of nitrogens with zero attached hydrogens (tertiary/aromatic N) is 2. The van der Waals surface area contributed by atoms with E-state index in [1.54, 1.807) is 24.3 Å². The molecule has 25 heavy (non-hydrogen) atoms. The lowest BCUT2D eigenvalue weighted by Gasteiger charge is -2.12. The van der Waals surface area contributed by atoms with Gasteiger partial charge in [-0.15, -0.1) is 0 Å². The monoisotopic (exact) mass is 359 g/mol. The van der Waals surface area contributed by atoms with Crippen molar-refractivity contribution in [1.29, 1.82) is 0 Å². The molecule has 0 saturated carbocycles. The van der Waals surface area contributed by atoms with Crippen LogP contribution in [0.25, 0.3) is 11.0 Å². The minimum absolute atomic E-state index is 0.164. The Morgan fingerprint density at radius 1 is 1.12 bits per heavy atom. The summed E-state index contributed by atoms with van der Waals surface area (Å²) in [5, 5.41) is 2.69. The van der Waals surface area contributed by atoms with Gasteiger partial charge in [0.05, 0.1) is 23.0 Å². The van der Waals surface area contributed by atoms with Crippen molar-refractivity contribution in [3.63, 3.8) is 0 Å². The molecule has 1 aromatic heterocycles. The first-order valence-electron chi connectivity index (χ1n) is 7.45. The van der Waals surface area contributed by atoms with Crippen LogP contribution in [0.3, 0.4) is 0 Å². The Bertz CT molecular complexity index is 1010. The summed E-state index contributed by atoms with van der Waals surface area (Å²) in [6.07, 6.45) is 2.59. The Morgan fingerprint density at radius 3 is 2.64 bits per heavy atom. The third-order valence-corrected chi connectivity index (χ3v) is 4.02. The SMILES string of the molecule is CS(=O)(=O)Nc1ccccc1CNC(=O)Nn1cnc2ccccc21. The maximum Gasteiger partial charge on any atom is 0.334 e. The third-order valence-electron chi connectivity index (χ3n) is 3.43. The molecule has 2 aromatic carbocycles. The van der Waals surface area contributed by atoms with E-state index in [0.717, 1.165) is 17.3 Å². The summed E-state index contributed by atoms with van der Waals surface area (Å²) in [6.45, 7) is 0.164. The van der Waals surface area contributed by atoms with E-state index in [4.69, 9.17) is 0 Å². The molecule has 0 radical (unpaired) electrons. The molecule has 8 nitrogen and oxygen atoms in total. The number of imidazole rings is 1. The normalized spacial score (nSPS) is 11.2. The van der Waals surface area contributed by atoms with Gasteiger partial charge in [-0.25, -0.2) is 28.3 Å². The van der Waals surface area contributed by atoms with Crippen molar-refractivity contribution in [3.8, 4) is 0 Å². The third kappa shape index (κ3) is 4.27. The number of hydrogen-bond donors (Lipinski definition) is 3. The first kappa shape index (κ1) is 16.8. The van der Waals surface area contributed by atoms with Crippen LogP contribution in [0.1, 0.15) is 5.56 Å². The largest absolute Gasteiger partial charge is 0.334 e. The molecule has 3 aromatic rings. The molecule has 0 spiro atoms. The molecule has 0 bridgehead atoms. The Labute approximate surface area is 144 Å². The van der Waals surface area contributed by atoms with Gasteiger partial charge in [-0.3, -0.25) is 4.72 Å². The standard InChI is InChI=1S/C16H17N5O3S/c1-25(23,24)20-13-7-3-2-6-12(13)10-17-16(22)19-21-11-18-14-8-4-5-9-15(14)21/h2-9,11,20H,10H2,1H3,(H2,17,19,22). The van der Waals surface area contributed by atoms with Gasteiger partial charge in [0.2, 0.25) is 10.0 Å². The summed E-state index contributed by atoms with van der Waals surface area (Å²) >= 11 is 0. The van der Waals surface area contributed by atoms with Crippen LogP contribution in [0.2, 0.25) is 0 Å². The Kier molecular flexibility index (Phi) is 4.57. The van der Waals surface area contributed by atoms with E-state index in [0.29, 0.717) is 11.3 Å². The summed E-state index contributed by atoms with van der Waals surface area (Å²) in [6, 6.07) is 13.8. The summed E-state index contributed by atoms with van der Waals surface area (Å²) in [4.78, 5) is 16.3. The highest BCUT2D eigenvalue weighted by Crippen LogP contribution is 2.16. The number of urea groups is 1. The van der Waals surface area contributed by atoms with Crippen molar-refractivity contribution >= 4 is 32.8 Å². The molecule has 0 unspecified atom stereocenters. The van der Waals surface area contributed by atoms with Crippen molar-refractivity contribution in [2.45, 2.75) is 6.54 Å². The quantitative estimate of drug-likeness (QED) is 0.646. The van der Waals surface area contributed by atoms with E-state index in [1.807, 2.05) is 24.3 Å². The van der Waals surface area contributed by atoms with Crippen molar-refractivity contribution in [2.75, 3.05) is 16.4 Å². The fourth-order valence-corrected chi connectivity index (χ4v) is 2.95. The van der Waals surface area contributed by atoms with Gasteiger partial charge < -0.3 is 5.32 Å². The number of fused-ring (bicyclic) bond motifs is 1. The predicted octanol–water partition coefficient (Wildman–Crippen LogP) is 1.86. The summed E-state index contributed by atoms with van der Waals surface area (Å²) in [5.41, 5.74) is 5.29. The molecule has 0 aliphatic carbocycles.